The molecule has 8 nitrogen and oxygen atoms in total. The van der Waals surface area contributed by atoms with E-state index in [0.29, 0.717) is 29.1 Å². The van der Waals surface area contributed by atoms with Crippen molar-refractivity contribution in [3.05, 3.63) is 77.1 Å². The summed E-state index contributed by atoms with van der Waals surface area (Å²) in [5.74, 6) is -2.09. The maximum absolute atomic E-state index is 13.8. The lowest BCUT2D eigenvalue weighted by molar-refractivity contribution is -0.116. The lowest BCUT2D eigenvalue weighted by Gasteiger charge is -2.29. The Morgan fingerprint density at radius 2 is 1.88 bits per heavy atom. The zero-order chi connectivity index (χ0) is 30.3. The van der Waals surface area contributed by atoms with E-state index in [4.69, 9.17) is 0 Å². The maximum atomic E-state index is 13.8. The van der Waals surface area contributed by atoms with Crippen LogP contribution in [0.3, 0.4) is 0 Å². The van der Waals surface area contributed by atoms with E-state index in [1.165, 1.54) is 18.4 Å². The molecule has 11 heteroatoms. The van der Waals surface area contributed by atoms with Gasteiger partial charge >= 0.3 is 0 Å². The molecule has 0 saturated carbocycles. The Bertz CT molecular complexity index is 1120. The van der Waals surface area contributed by atoms with Crippen molar-refractivity contribution >= 4 is 28.5 Å². The molecule has 0 spiro atoms. The molecule has 224 valence electrons. The van der Waals surface area contributed by atoms with Crippen molar-refractivity contribution in [2.75, 3.05) is 37.7 Å². The van der Waals surface area contributed by atoms with Gasteiger partial charge in [0.15, 0.2) is 0 Å². The molecule has 0 saturated heterocycles. The number of halogens is 2. The summed E-state index contributed by atoms with van der Waals surface area (Å²) in [5.41, 5.74) is 2.56. The Hall–Kier alpha value is -2.99. The Morgan fingerprint density at radius 1 is 1.20 bits per heavy atom. The number of aromatic nitrogens is 1. The van der Waals surface area contributed by atoms with Crippen molar-refractivity contribution in [3.8, 4) is 0 Å². The summed E-state index contributed by atoms with van der Waals surface area (Å²) in [6.45, 7) is 15.7. The average Bonchev–Trinajstić information content (AvgIpc) is 3.19. The molecule has 0 bridgehead atoms. The fourth-order valence-electron chi connectivity index (χ4n) is 3.78. The molecule has 1 atom stereocenters. The van der Waals surface area contributed by atoms with Crippen molar-refractivity contribution in [2.24, 2.45) is 0 Å². The molecule has 0 radical (unpaired) electrons. The van der Waals surface area contributed by atoms with E-state index in [-0.39, 0.29) is 17.2 Å². The molecule has 1 heterocycles. The van der Waals surface area contributed by atoms with Gasteiger partial charge in [-0.25, -0.2) is 8.78 Å². The second-order valence-corrected chi connectivity index (χ2v) is 11.4. The Kier molecular flexibility index (Phi) is 15.5. The first-order valence-corrected chi connectivity index (χ1v) is 15.1. The number of H-pyrrole nitrogens is 1. The summed E-state index contributed by atoms with van der Waals surface area (Å²) in [7, 11) is -3.26. The SMILES string of the molecule is C=CC(F)C/C(F)=C/CS(O)(O)C/C=C/C(=C/c1[nH]c(C)c(C(=O)NCCN(CC)CC)c1C)C(=O)N/C=C/C. The number of likely N-dealkylation sites (N-methyl/N-ethyl adjacent to an activating group) is 1. The monoisotopic (exact) mass is 582 g/mol. The molecule has 1 aromatic heterocycles. The first kappa shape index (κ1) is 35.0. The third kappa shape index (κ3) is 12.0. The van der Waals surface area contributed by atoms with Gasteiger partial charge in [0, 0.05) is 36.5 Å². The lowest BCUT2D eigenvalue weighted by atomic mass is 10.1. The molecule has 0 aliphatic carbocycles. The van der Waals surface area contributed by atoms with Gasteiger partial charge in [-0.15, -0.1) is 6.58 Å². The van der Waals surface area contributed by atoms with E-state index < -0.39 is 40.7 Å². The van der Waals surface area contributed by atoms with E-state index in [1.807, 2.05) is 0 Å². The molecular weight excluding hydrogens is 538 g/mol. The number of amides is 2. The van der Waals surface area contributed by atoms with E-state index in [0.717, 1.165) is 31.8 Å². The Morgan fingerprint density at radius 3 is 2.48 bits per heavy atom. The number of carbonyl (C=O) groups excluding carboxylic acids is 2. The van der Waals surface area contributed by atoms with Crippen LogP contribution in [-0.4, -0.2) is 74.7 Å². The molecule has 40 heavy (non-hydrogen) atoms. The largest absolute Gasteiger partial charge is 0.358 e. The van der Waals surface area contributed by atoms with E-state index >= 15 is 0 Å². The van der Waals surface area contributed by atoms with Crippen LogP contribution in [0, 0.1) is 13.8 Å². The Balaban J connectivity index is 3.13. The van der Waals surface area contributed by atoms with Crippen LogP contribution in [0.2, 0.25) is 0 Å². The normalized spacial score (nSPS) is 14.2. The van der Waals surface area contributed by atoms with Gasteiger partial charge in [0.1, 0.15) is 12.0 Å². The number of hydrogen-bond acceptors (Lipinski definition) is 5. The van der Waals surface area contributed by atoms with Crippen LogP contribution >= 0.6 is 10.6 Å². The molecule has 0 aliphatic heterocycles. The van der Waals surface area contributed by atoms with E-state index in [1.54, 1.807) is 32.9 Å². The topological polar surface area (TPSA) is 118 Å². The zero-order valence-corrected chi connectivity index (χ0v) is 24.9. The summed E-state index contributed by atoms with van der Waals surface area (Å²) in [6.07, 6.45) is 7.39. The predicted octanol–water partition coefficient (Wildman–Crippen LogP) is 5.81. The van der Waals surface area contributed by atoms with Crippen molar-refractivity contribution in [2.45, 2.75) is 47.2 Å². The lowest BCUT2D eigenvalue weighted by Crippen LogP contribution is -2.35. The average molecular weight is 583 g/mol. The van der Waals surface area contributed by atoms with Crippen molar-refractivity contribution < 1.29 is 27.5 Å². The van der Waals surface area contributed by atoms with Crippen LogP contribution in [0.25, 0.3) is 6.08 Å². The predicted molar refractivity (Wildman–Crippen MR) is 162 cm³/mol. The minimum Gasteiger partial charge on any atom is -0.358 e. The number of carbonyl (C=O) groups is 2. The molecular formula is C29H44F2N4O4S. The molecule has 1 aromatic rings. The van der Waals surface area contributed by atoms with Gasteiger partial charge < -0.3 is 20.5 Å². The number of nitrogens with zero attached hydrogens (tertiary/aromatic N) is 1. The summed E-state index contributed by atoms with van der Waals surface area (Å²) in [5, 5.41) is 5.57. The fourth-order valence-corrected chi connectivity index (χ4v) is 4.76. The van der Waals surface area contributed by atoms with Gasteiger partial charge in [-0.3, -0.25) is 18.7 Å². The minimum atomic E-state index is -3.26. The van der Waals surface area contributed by atoms with Crippen molar-refractivity contribution in [1.29, 1.82) is 0 Å². The molecule has 0 fully saturated rings. The third-order valence-electron chi connectivity index (χ3n) is 6.13. The number of rotatable bonds is 17. The van der Waals surface area contributed by atoms with Crippen LogP contribution in [0.4, 0.5) is 8.78 Å². The Labute approximate surface area is 238 Å². The summed E-state index contributed by atoms with van der Waals surface area (Å²) in [4.78, 5) is 31.1. The fraction of sp³-hybridized carbons (Fsp3) is 0.448. The number of alkyl halides is 1. The number of aromatic amines is 1. The standard InChI is InChI=1S/C29H44F2N4O4S/c1-7-14-32-28(36)23(12-11-17-40(38,39)18-13-25(31)20-24(30)8-2)19-26-21(5)27(22(6)34-26)29(37)33-15-16-35(9-3)10-4/h7-8,11-14,19,24,34,38-39H,2,9-10,15-18,20H2,1,3-6H3,(H,32,36)(H,33,37)/b12-11+,14-7+,23-19-,25-13-. The number of allylic oxidation sites excluding steroid dienone is 3. The van der Waals surface area contributed by atoms with Crippen molar-refractivity contribution in [1.82, 2.24) is 20.5 Å². The molecule has 5 N–H and O–H groups in total. The minimum absolute atomic E-state index is 0.194. The second-order valence-electron chi connectivity index (χ2n) is 9.16. The zero-order valence-electron chi connectivity index (χ0n) is 24.1. The highest BCUT2D eigenvalue weighted by atomic mass is 32.3. The molecule has 1 rings (SSSR count). The number of nitrogens with one attached hydrogen (secondary N) is 3. The molecule has 0 aromatic carbocycles. The van der Waals surface area contributed by atoms with E-state index in [2.05, 4.69) is 40.9 Å². The van der Waals surface area contributed by atoms with Gasteiger partial charge in [0.2, 0.25) is 0 Å². The smallest absolute Gasteiger partial charge is 0.255 e. The van der Waals surface area contributed by atoms with Gasteiger partial charge in [-0.2, -0.15) is 10.6 Å². The second kappa shape index (κ2) is 17.6. The first-order valence-electron chi connectivity index (χ1n) is 13.2. The highest BCUT2D eigenvalue weighted by molar-refractivity contribution is 8.24. The molecule has 2 amide bonds. The highest BCUT2D eigenvalue weighted by Gasteiger charge is 2.18. The maximum Gasteiger partial charge on any atom is 0.255 e. The van der Waals surface area contributed by atoms with Crippen LogP contribution in [0.5, 0.6) is 0 Å². The van der Waals surface area contributed by atoms with Crippen LogP contribution in [0.15, 0.2) is 54.6 Å². The summed E-state index contributed by atoms with van der Waals surface area (Å²) >= 11 is 0. The van der Waals surface area contributed by atoms with Crippen LogP contribution < -0.4 is 10.6 Å². The van der Waals surface area contributed by atoms with Gasteiger partial charge in [0.25, 0.3) is 11.8 Å². The molecule has 1 unspecified atom stereocenters. The summed E-state index contributed by atoms with van der Waals surface area (Å²) < 4.78 is 47.6. The summed E-state index contributed by atoms with van der Waals surface area (Å²) in [6, 6.07) is 0. The van der Waals surface area contributed by atoms with Gasteiger partial charge in [-0.05, 0) is 57.8 Å². The number of aryl methyl sites for hydroxylation is 1. The van der Waals surface area contributed by atoms with Crippen molar-refractivity contribution in [3.63, 3.8) is 0 Å². The third-order valence-corrected chi connectivity index (χ3v) is 7.56. The van der Waals surface area contributed by atoms with Crippen LogP contribution in [0.1, 0.15) is 54.5 Å². The first-order chi connectivity index (χ1) is 18.9. The highest BCUT2D eigenvalue weighted by Crippen LogP contribution is 2.39. The van der Waals surface area contributed by atoms with Crippen LogP contribution in [-0.2, 0) is 4.79 Å². The number of hydrogen-bond donors (Lipinski definition) is 5. The van der Waals surface area contributed by atoms with Gasteiger partial charge in [-0.1, -0.05) is 38.2 Å². The quantitative estimate of drug-likeness (QED) is 0.0903. The van der Waals surface area contributed by atoms with E-state index in [9.17, 15) is 27.5 Å². The van der Waals surface area contributed by atoms with Gasteiger partial charge in [0.05, 0.1) is 17.1 Å². The molecule has 0 aliphatic rings.